The second-order valence-electron chi connectivity index (χ2n) is 9.84. The van der Waals surface area contributed by atoms with Gasteiger partial charge in [-0.15, -0.1) is 0 Å². The van der Waals surface area contributed by atoms with Crippen LogP contribution < -0.4 is 0 Å². The number of cyclic esters (lactones) is 1. The number of esters is 1. The molecule has 5 atom stereocenters. The number of rotatable bonds is 8. The van der Waals surface area contributed by atoms with Crippen LogP contribution in [0.4, 0.5) is 0 Å². The van der Waals surface area contributed by atoms with Crippen LogP contribution in [0.1, 0.15) is 58.8 Å². The Bertz CT molecular complexity index is 856. The molecular formula is C26H38N2O6. The summed E-state index contributed by atoms with van der Waals surface area (Å²) in [4.78, 5) is 44.6. The van der Waals surface area contributed by atoms with E-state index < -0.39 is 35.0 Å². The summed E-state index contributed by atoms with van der Waals surface area (Å²) >= 11 is 0. The first-order chi connectivity index (χ1) is 16.5. The summed E-state index contributed by atoms with van der Waals surface area (Å²) in [5, 5.41) is 9.47. The Morgan fingerprint density at radius 3 is 2.59 bits per heavy atom. The molecule has 4 heterocycles. The van der Waals surface area contributed by atoms with Crippen LogP contribution >= 0.6 is 0 Å². The fourth-order valence-electron chi connectivity index (χ4n) is 6.16. The van der Waals surface area contributed by atoms with Crippen molar-refractivity contribution in [3.63, 3.8) is 0 Å². The number of aliphatic hydroxyl groups excluding tert-OH is 1. The van der Waals surface area contributed by atoms with Gasteiger partial charge in [0, 0.05) is 26.2 Å². The van der Waals surface area contributed by atoms with Crippen molar-refractivity contribution in [1.82, 2.24) is 9.80 Å². The van der Waals surface area contributed by atoms with Gasteiger partial charge >= 0.3 is 5.97 Å². The van der Waals surface area contributed by atoms with Crippen LogP contribution in [0.15, 0.2) is 24.3 Å². The maximum atomic E-state index is 14.0. The highest BCUT2D eigenvalue weighted by Crippen LogP contribution is 2.58. The second-order valence-corrected chi connectivity index (χ2v) is 9.84. The molecule has 2 amide bonds. The summed E-state index contributed by atoms with van der Waals surface area (Å²) in [6.45, 7) is 5.57. The highest BCUT2D eigenvalue weighted by Gasteiger charge is 2.75. The van der Waals surface area contributed by atoms with E-state index in [0.717, 1.165) is 32.1 Å². The topological polar surface area (TPSA) is 96.4 Å². The van der Waals surface area contributed by atoms with E-state index in [0.29, 0.717) is 32.5 Å². The molecule has 34 heavy (non-hydrogen) atoms. The number of amides is 2. The quantitative estimate of drug-likeness (QED) is 0.329. The fraction of sp³-hybridized carbons (Fsp3) is 0.731. The number of hydrogen-bond donors (Lipinski definition) is 1. The smallest absolute Gasteiger partial charge is 0.313 e. The van der Waals surface area contributed by atoms with Gasteiger partial charge in [0.25, 0.3) is 0 Å². The number of allylic oxidation sites excluding steroid dienone is 1. The average molecular weight is 475 g/mol. The molecule has 0 aliphatic carbocycles. The first-order valence-corrected chi connectivity index (χ1v) is 12.9. The lowest BCUT2D eigenvalue weighted by Crippen LogP contribution is -2.56. The van der Waals surface area contributed by atoms with Crippen LogP contribution in [-0.2, 0) is 23.9 Å². The molecule has 2 saturated heterocycles. The van der Waals surface area contributed by atoms with Crippen LogP contribution in [-0.4, -0.2) is 82.8 Å². The van der Waals surface area contributed by atoms with E-state index in [9.17, 15) is 19.5 Å². The maximum Gasteiger partial charge on any atom is 0.313 e. The molecule has 4 aliphatic rings. The zero-order valence-electron chi connectivity index (χ0n) is 20.4. The van der Waals surface area contributed by atoms with Gasteiger partial charge in [0.2, 0.25) is 11.8 Å². The SMILES string of the molecule is CCCCCN1CC=C[C@]23O[C@@]4(CC)/C=C\CCCOC(=O)[C@H]4[C@H]2C(=O)N(CCCO)C3C1=O. The minimum atomic E-state index is -1.24. The maximum absolute atomic E-state index is 14.0. The minimum absolute atomic E-state index is 0.0909. The molecule has 1 N–H and O–H groups in total. The minimum Gasteiger partial charge on any atom is -0.465 e. The van der Waals surface area contributed by atoms with Gasteiger partial charge in [-0.05, 0) is 32.1 Å². The molecule has 0 saturated carbocycles. The molecular weight excluding hydrogens is 436 g/mol. The number of aliphatic hydroxyl groups is 1. The van der Waals surface area contributed by atoms with Gasteiger partial charge in [-0.1, -0.05) is 51.0 Å². The predicted octanol–water partition coefficient (Wildman–Crippen LogP) is 2.21. The number of hydrogen-bond acceptors (Lipinski definition) is 6. The fourth-order valence-corrected chi connectivity index (χ4v) is 6.16. The molecule has 0 aromatic rings. The number of carbonyl (C=O) groups is 3. The lowest BCUT2D eigenvalue weighted by molar-refractivity contribution is -0.161. The van der Waals surface area contributed by atoms with Crippen molar-refractivity contribution in [1.29, 1.82) is 0 Å². The molecule has 1 unspecified atom stereocenters. The molecule has 4 aliphatic heterocycles. The normalized spacial score (nSPS) is 36.2. The van der Waals surface area contributed by atoms with Gasteiger partial charge in [0.15, 0.2) is 0 Å². The summed E-state index contributed by atoms with van der Waals surface area (Å²) in [7, 11) is 0. The van der Waals surface area contributed by atoms with Crippen molar-refractivity contribution in [2.75, 3.05) is 32.8 Å². The Kier molecular flexibility index (Phi) is 7.48. The van der Waals surface area contributed by atoms with Gasteiger partial charge in [0.1, 0.15) is 23.2 Å². The van der Waals surface area contributed by atoms with Crippen molar-refractivity contribution in [3.05, 3.63) is 24.3 Å². The average Bonchev–Trinajstić information content (AvgIpc) is 3.21. The predicted molar refractivity (Wildman–Crippen MR) is 126 cm³/mol. The first-order valence-electron chi connectivity index (χ1n) is 12.9. The van der Waals surface area contributed by atoms with E-state index in [4.69, 9.17) is 9.47 Å². The monoisotopic (exact) mass is 474 g/mol. The Hall–Kier alpha value is -2.19. The molecule has 188 valence electrons. The van der Waals surface area contributed by atoms with E-state index in [1.54, 1.807) is 9.80 Å². The van der Waals surface area contributed by atoms with E-state index in [1.807, 2.05) is 31.2 Å². The summed E-state index contributed by atoms with van der Waals surface area (Å²) < 4.78 is 12.4. The number of nitrogens with zero attached hydrogens (tertiary/aromatic N) is 2. The summed E-state index contributed by atoms with van der Waals surface area (Å²) in [5.74, 6) is -2.52. The molecule has 0 radical (unpaired) electrons. The van der Waals surface area contributed by atoms with Crippen molar-refractivity contribution >= 4 is 17.8 Å². The van der Waals surface area contributed by atoms with Crippen LogP contribution in [0.25, 0.3) is 0 Å². The molecule has 0 aromatic carbocycles. The summed E-state index contributed by atoms with van der Waals surface area (Å²) in [6.07, 6.45) is 13.0. The van der Waals surface area contributed by atoms with Crippen LogP contribution in [0.2, 0.25) is 0 Å². The van der Waals surface area contributed by atoms with E-state index >= 15 is 0 Å². The molecule has 8 nitrogen and oxygen atoms in total. The lowest BCUT2D eigenvalue weighted by atomic mass is 9.73. The van der Waals surface area contributed by atoms with Gasteiger partial charge in [0.05, 0.1) is 12.5 Å². The largest absolute Gasteiger partial charge is 0.465 e. The summed E-state index contributed by atoms with van der Waals surface area (Å²) in [6, 6.07) is -0.864. The Labute approximate surface area is 201 Å². The highest BCUT2D eigenvalue weighted by molar-refractivity contribution is 5.99. The zero-order valence-corrected chi connectivity index (χ0v) is 20.4. The zero-order chi connectivity index (χ0) is 24.3. The van der Waals surface area contributed by atoms with Gasteiger partial charge < -0.3 is 24.4 Å². The van der Waals surface area contributed by atoms with Gasteiger partial charge in [-0.25, -0.2) is 0 Å². The van der Waals surface area contributed by atoms with Crippen LogP contribution in [0, 0.1) is 11.8 Å². The van der Waals surface area contributed by atoms with E-state index in [1.165, 1.54) is 0 Å². The van der Waals surface area contributed by atoms with E-state index in [-0.39, 0.29) is 25.0 Å². The number of unbranched alkanes of at least 4 members (excludes halogenated alkanes) is 2. The second kappa shape index (κ2) is 10.2. The third-order valence-corrected chi connectivity index (χ3v) is 7.81. The number of ether oxygens (including phenoxy) is 2. The lowest BCUT2D eigenvalue weighted by Gasteiger charge is -2.38. The molecule has 8 heteroatoms. The molecule has 0 aromatic heterocycles. The van der Waals surface area contributed by atoms with Crippen molar-refractivity contribution in [3.8, 4) is 0 Å². The Morgan fingerprint density at radius 2 is 1.85 bits per heavy atom. The molecule has 2 fully saturated rings. The van der Waals surface area contributed by atoms with Gasteiger partial charge in [-0.3, -0.25) is 14.4 Å². The number of fused-ring (bicyclic) bond motifs is 2. The van der Waals surface area contributed by atoms with Crippen molar-refractivity contribution < 1.29 is 29.0 Å². The molecule has 0 bridgehead atoms. The number of likely N-dealkylation sites (tertiary alicyclic amines) is 1. The van der Waals surface area contributed by atoms with Crippen LogP contribution in [0.3, 0.4) is 0 Å². The third-order valence-electron chi connectivity index (χ3n) is 7.81. The molecule has 1 spiro atoms. The standard InChI is InChI=1S/C26H38N2O6/c1-3-5-8-14-27-15-10-13-26-19(22(30)28(16-11-17-29)21(26)23(27)31)20-24(32)33-18-9-6-7-12-25(20,4-2)34-26/h7,10,12-13,19-21,29H,3-6,8-9,11,14-18H2,1-2H3/b12-7-/t19-,20+,21?,25-,26-/m0/s1. The highest BCUT2D eigenvalue weighted by atomic mass is 16.6. The van der Waals surface area contributed by atoms with Crippen molar-refractivity contribution in [2.45, 2.75) is 76.0 Å². The first kappa shape index (κ1) is 24.9. The third kappa shape index (κ3) is 3.98. The summed E-state index contributed by atoms with van der Waals surface area (Å²) in [5.41, 5.74) is -2.25. The van der Waals surface area contributed by atoms with Crippen molar-refractivity contribution in [2.24, 2.45) is 11.8 Å². The van der Waals surface area contributed by atoms with Gasteiger partial charge in [-0.2, -0.15) is 0 Å². The Morgan fingerprint density at radius 1 is 1.03 bits per heavy atom. The molecule has 4 rings (SSSR count). The van der Waals surface area contributed by atoms with E-state index in [2.05, 4.69) is 6.92 Å². The Balaban J connectivity index is 1.80. The number of carbonyl (C=O) groups excluding carboxylic acids is 3. The van der Waals surface area contributed by atoms with Crippen LogP contribution in [0.5, 0.6) is 0 Å².